The van der Waals surface area contributed by atoms with Crippen molar-refractivity contribution in [1.29, 1.82) is 0 Å². The van der Waals surface area contributed by atoms with Crippen LogP contribution in [0.1, 0.15) is 31.1 Å². The Balaban J connectivity index is 2.06. The first-order valence-corrected chi connectivity index (χ1v) is 6.75. The molecule has 0 aliphatic rings. The Hall–Kier alpha value is -1.33. The third kappa shape index (κ3) is 3.34. The van der Waals surface area contributed by atoms with Gasteiger partial charge in [0.15, 0.2) is 0 Å². The number of hydrogen-bond acceptors (Lipinski definition) is 4. The molecule has 3 nitrogen and oxygen atoms in total. The van der Waals surface area contributed by atoms with Gasteiger partial charge < -0.3 is 5.32 Å². The molecule has 1 aromatic heterocycles. The smallest absolute Gasteiger partial charge is 0.123 e. The Morgan fingerprint density at radius 2 is 2.00 bits per heavy atom. The van der Waals surface area contributed by atoms with E-state index in [1.54, 1.807) is 0 Å². The van der Waals surface area contributed by atoms with Gasteiger partial charge in [-0.15, -0.1) is 5.10 Å². The van der Waals surface area contributed by atoms with Gasteiger partial charge in [-0.25, -0.2) is 4.39 Å². The summed E-state index contributed by atoms with van der Waals surface area (Å²) in [6, 6.07) is 6.83. The Labute approximate surface area is 110 Å². The first kappa shape index (κ1) is 13.1. The predicted octanol–water partition coefficient (Wildman–Crippen LogP) is 3.16. The molecular formula is C13H16FN3S. The molecule has 2 aromatic rings. The van der Waals surface area contributed by atoms with Crippen LogP contribution in [0, 0.1) is 11.7 Å². The summed E-state index contributed by atoms with van der Waals surface area (Å²) in [5, 5.41) is 9.37. The van der Waals surface area contributed by atoms with Crippen LogP contribution in [0.5, 0.6) is 0 Å². The third-order valence-electron chi connectivity index (χ3n) is 2.80. The standard InChI is InChI=1S/C13H16FN3S/c1-9(2)13(10-3-5-11(14)6-4-10)15-7-12-8-18-17-16-12/h3-6,8-9,13,15H,7H2,1-2H3. The van der Waals surface area contributed by atoms with Gasteiger partial charge in [0, 0.05) is 18.0 Å². The van der Waals surface area contributed by atoms with E-state index < -0.39 is 0 Å². The minimum absolute atomic E-state index is 0.187. The molecule has 1 aromatic carbocycles. The average molecular weight is 265 g/mol. The first-order chi connectivity index (χ1) is 8.66. The molecule has 0 saturated carbocycles. The lowest BCUT2D eigenvalue weighted by molar-refractivity contribution is 0.408. The fraction of sp³-hybridized carbons (Fsp3) is 0.385. The van der Waals surface area contributed by atoms with Crippen LogP contribution in [0.4, 0.5) is 4.39 Å². The van der Waals surface area contributed by atoms with Crippen molar-refractivity contribution in [3.8, 4) is 0 Å². The highest BCUT2D eigenvalue weighted by Crippen LogP contribution is 2.22. The summed E-state index contributed by atoms with van der Waals surface area (Å²) in [5.41, 5.74) is 2.03. The second-order valence-electron chi connectivity index (χ2n) is 4.55. The summed E-state index contributed by atoms with van der Waals surface area (Å²) >= 11 is 1.35. The van der Waals surface area contributed by atoms with Crippen LogP contribution in [-0.4, -0.2) is 9.59 Å². The third-order valence-corrected chi connectivity index (χ3v) is 3.36. The highest BCUT2D eigenvalue weighted by Gasteiger charge is 2.15. The van der Waals surface area contributed by atoms with Crippen molar-refractivity contribution >= 4 is 11.5 Å². The van der Waals surface area contributed by atoms with Crippen molar-refractivity contribution in [2.75, 3.05) is 0 Å². The van der Waals surface area contributed by atoms with Crippen LogP contribution in [0.15, 0.2) is 29.6 Å². The summed E-state index contributed by atoms with van der Waals surface area (Å²) in [6.07, 6.45) is 0. The van der Waals surface area contributed by atoms with Crippen molar-refractivity contribution in [1.82, 2.24) is 14.9 Å². The van der Waals surface area contributed by atoms with Gasteiger partial charge in [0.05, 0.1) is 5.69 Å². The summed E-state index contributed by atoms with van der Waals surface area (Å²) in [5.74, 6) is 0.215. The predicted molar refractivity (Wildman–Crippen MR) is 70.7 cm³/mol. The average Bonchev–Trinajstić information content (AvgIpc) is 2.84. The molecule has 1 unspecified atom stereocenters. The fourth-order valence-electron chi connectivity index (χ4n) is 1.88. The highest BCUT2D eigenvalue weighted by molar-refractivity contribution is 7.03. The zero-order valence-electron chi connectivity index (χ0n) is 10.4. The molecule has 0 amide bonds. The number of benzene rings is 1. The number of nitrogens with one attached hydrogen (secondary N) is 1. The molecular weight excluding hydrogens is 249 g/mol. The maximum absolute atomic E-state index is 12.9. The maximum atomic E-state index is 12.9. The van der Waals surface area contributed by atoms with Crippen LogP contribution >= 0.6 is 11.5 Å². The van der Waals surface area contributed by atoms with Crippen molar-refractivity contribution in [3.05, 3.63) is 46.7 Å². The topological polar surface area (TPSA) is 37.8 Å². The van der Waals surface area contributed by atoms with Gasteiger partial charge in [0.1, 0.15) is 5.82 Å². The van der Waals surface area contributed by atoms with E-state index in [1.807, 2.05) is 17.5 Å². The maximum Gasteiger partial charge on any atom is 0.123 e. The van der Waals surface area contributed by atoms with Crippen molar-refractivity contribution in [2.24, 2.45) is 5.92 Å². The van der Waals surface area contributed by atoms with Gasteiger partial charge in [-0.05, 0) is 35.1 Å². The Kier molecular flexibility index (Phi) is 4.38. The Bertz CT molecular complexity index is 467. The number of nitrogens with zero attached hydrogens (tertiary/aromatic N) is 2. The fourth-order valence-corrected chi connectivity index (χ4v) is 2.34. The second kappa shape index (κ2) is 6.02. The Morgan fingerprint density at radius 3 is 2.56 bits per heavy atom. The van der Waals surface area contributed by atoms with E-state index in [0.717, 1.165) is 11.3 Å². The van der Waals surface area contributed by atoms with Crippen molar-refractivity contribution in [2.45, 2.75) is 26.4 Å². The largest absolute Gasteiger partial charge is 0.304 e. The molecule has 1 heterocycles. The molecule has 0 saturated heterocycles. The second-order valence-corrected chi connectivity index (χ2v) is 5.16. The van der Waals surface area contributed by atoms with E-state index in [9.17, 15) is 4.39 Å². The van der Waals surface area contributed by atoms with Crippen LogP contribution in [0.2, 0.25) is 0 Å². The molecule has 0 aliphatic carbocycles. The highest BCUT2D eigenvalue weighted by atomic mass is 32.1. The lowest BCUT2D eigenvalue weighted by Crippen LogP contribution is -2.25. The van der Waals surface area contributed by atoms with E-state index in [2.05, 4.69) is 28.8 Å². The van der Waals surface area contributed by atoms with E-state index in [4.69, 9.17) is 0 Å². The van der Waals surface area contributed by atoms with Gasteiger partial charge >= 0.3 is 0 Å². The summed E-state index contributed by atoms with van der Waals surface area (Å²) < 4.78 is 16.8. The van der Waals surface area contributed by atoms with Gasteiger partial charge in [-0.2, -0.15) is 0 Å². The molecule has 0 bridgehead atoms. The quantitative estimate of drug-likeness (QED) is 0.902. The minimum Gasteiger partial charge on any atom is -0.304 e. The van der Waals surface area contributed by atoms with E-state index in [0.29, 0.717) is 12.5 Å². The number of rotatable bonds is 5. The molecule has 1 atom stereocenters. The molecule has 0 fully saturated rings. The minimum atomic E-state index is -0.204. The van der Waals surface area contributed by atoms with Gasteiger partial charge in [-0.3, -0.25) is 0 Å². The SMILES string of the molecule is CC(C)C(NCc1csnn1)c1ccc(F)cc1. The number of halogens is 1. The molecule has 0 radical (unpaired) electrons. The lowest BCUT2D eigenvalue weighted by atomic mass is 9.96. The molecule has 2 rings (SSSR count). The first-order valence-electron chi connectivity index (χ1n) is 5.91. The van der Waals surface area contributed by atoms with E-state index in [-0.39, 0.29) is 11.9 Å². The van der Waals surface area contributed by atoms with Crippen LogP contribution in [-0.2, 0) is 6.54 Å². The van der Waals surface area contributed by atoms with Gasteiger partial charge in [0.2, 0.25) is 0 Å². The van der Waals surface area contributed by atoms with Crippen molar-refractivity contribution in [3.63, 3.8) is 0 Å². The van der Waals surface area contributed by atoms with Crippen molar-refractivity contribution < 1.29 is 4.39 Å². The molecule has 1 N–H and O–H groups in total. The monoisotopic (exact) mass is 265 g/mol. The van der Waals surface area contributed by atoms with Gasteiger partial charge in [0.25, 0.3) is 0 Å². The van der Waals surface area contributed by atoms with Crippen LogP contribution in [0.25, 0.3) is 0 Å². The zero-order valence-corrected chi connectivity index (χ0v) is 11.2. The molecule has 18 heavy (non-hydrogen) atoms. The van der Waals surface area contributed by atoms with Crippen LogP contribution in [0.3, 0.4) is 0 Å². The number of hydrogen-bond donors (Lipinski definition) is 1. The molecule has 0 spiro atoms. The summed E-state index contributed by atoms with van der Waals surface area (Å²) in [4.78, 5) is 0. The molecule has 0 aliphatic heterocycles. The van der Waals surface area contributed by atoms with Crippen LogP contribution < -0.4 is 5.32 Å². The van der Waals surface area contributed by atoms with E-state index >= 15 is 0 Å². The molecule has 5 heteroatoms. The lowest BCUT2D eigenvalue weighted by Gasteiger charge is -2.22. The zero-order chi connectivity index (χ0) is 13.0. The van der Waals surface area contributed by atoms with E-state index in [1.165, 1.54) is 23.7 Å². The normalized spacial score (nSPS) is 12.9. The number of aromatic nitrogens is 2. The summed E-state index contributed by atoms with van der Waals surface area (Å²) in [6.45, 7) is 4.96. The Morgan fingerprint density at radius 1 is 1.28 bits per heavy atom. The summed E-state index contributed by atoms with van der Waals surface area (Å²) in [7, 11) is 0. The molecule has 96 valence electrons. The van der Waals surface area contributed by atoms with Gasteiger partial charge in [-0.1, -0.05) is 30.5 Å².